The zero-order chi connectivity index (χ0) is 18.7. The average molecular weight is 409 g/mol. The van der Waals surface area contributed by atoms with E-state index in [9.17, 15) is 24.6 Å². The second kappa shape index (κ2) is 7.52. The molecule has 1 amide bonds. The number of amides is 1. The third-order valence-corrected chi connectivity index (χ3v) is 4.36. The van der Waals surface area contributed by atoms with Crippen LogP contribution >= 0.6 is 15.9 Å². The summed E-state index contributed by atoms with van der Waals surface area (Å²) in [5.74, 6) is -3.19. The van der Waals surface area contributed by atoms with Gasteiger partial charge in [0.05, 0.1) is 16.8 Å². The van der Waals surface area contributed by atoms with Crippen molar-refractivity contribution in [3.63, 3.8) is 0 Å². The highest BCUT2D eigenvalue weighted by atomic mass is 79.9. The lowest BCUT2D eigenvalue weighted by Crippen LogP contribution is -2.16. The topological polar surface area (TPSA) is 123 Å². The minimum absolute atomic E-state index is 0.0245. The van der Waals surface area contributed by atoms with Gasteiger partial charge in [0.1, 0.15) is 0 Å². The number of rotatable bonds is 7. The second-order valence-corrected chi connectivity index (χ2v) is 6.30. The Morgan fingerprint density at radius 1 is 1.08 bits per heavy atom. The highest BCUT2D eigenvalue weighted by Gasteiger charge is 2.31. The van der Waals surface area contributed by atoms with Gasteiger partial charge < -0.3 is 20.5 Å². The van der Waals surface area contributed by atoms with Crippen LogP contribution in [0.5, 0.6) is 0 Å². The molecular formula is C17H17BrN2O5. The second-order valence-electron chi connectivity index (χ2n) is 5.38. The maximum Gasteiger partial charge on any atom is 0.338 e. The minimum Gasteiger partial charge on any atom is -0.478 e. The van der Waals surface area contributed by atoms with Crippen LogP contribution < -0.4 is 5.73 Å². The first kappa shape index (κ1) is 18.7. The SMILES string of the molecule is CCc1c(C(=O)O)c(C(=O)O)c(-c2ccc(Br)cc2)n1CCC(N)=O. The lowest BCUT2D eigenvalue weighted by atomic mass is 10.0. The van der Waals surface area contributed by atoms with Crippen LogP contribution in [0.25, 0.3) is 11.3 Å². The third-order valence-electron chi connectivity index (χ3n) is 3.83. The molecule has 2 rings (SSSR count). The highest BCUT2D eigenvalue weighted by Crippen LogP contribution is 2.33. The number of hydrogen-bond acceptors (Lipinski definition) is 3. The molecule has 0 fully saturated rings. The lowest BCUT2D eigenvalue weighted by molar-refractivity contribution is -0.118. The summed E-state index contributed by atoms with van der Waals surface area (Å²) in [6.07, 6.45) is 0.278. The number of carbonyl (C=O) groups is 3. The van der Waals surface area contributed by atoms with Gasteiger partial charge in [-0.15, -0.1) is 0 Å². The first-order valence-corrected chi connectivity index (χ1v) is 8.33. The highest BCUT2D eigenvalue weighted by molar-refractivity contribution is 9.10. The molecule has 8 heteroatoms. The van der Waals surface area contributed by atoms with Crippen molar-refractivity contribution >= 4 is 33.8 Å². The number of carboxylic acids is 2. The van der Waals surface area contributed by atoms with Crippen LogP contribution in [0.4, 0.5) is 0 Å². The fraction of sp³-hybridized carbons (Fsp3) is 0.235. The van der Waals surface area contributed by atoms with Crippen molar-refractivity contribution in [3.8, 4) is 11.3 Å². The Labute approximate surface area is 152 Å². The van der Waals surface area contributed by atoms with Gasteiger partial charge in [0.15, 0.2) is 0 Å². The summed E-state index contributed by atoms with van der Waals surface area (Å²) in [7, 11) is 0. The summed E-state index contributed by atoms with van der Waals surface area (Å²) in [6.45, 7) is 1.84. The lowest BCUT2D eigenvalue weighted by Gasteiger charge is -2.13. The molecule has 0 radical (unpaired) electrons. The molecule has 0 saturated heterocycles. The maximum absolute atomic E-state index is 11.8. The van der Waals surface area contributed by atoms with Gasteiger partial charge in [-0.3, -0.25) is 4.79 Å². The quantitative estimate of drug-likeness (QED) is 0.649. The molecule has 1 heterocycles. The van der Waals surface area contributed by atoms with Crippen molar-refractivity contribution in [2.45, 2.75) is 26.3 Å². The molecule has 0 aliphatic rings. The molecule has 0 spiro atoms. The number of hydrogen-bond donors (Lipinski definition) is 3. The van der Waals surface area contributed by atoms with E-state index in [4.69, 9.17) is 5.73 Å². The smallest absolute Gasteiger partial charge is 0.338 e. The Balaban J connectivity index is 2.84. The van der Waals surface area contributed by atoms with E-state index in [1.807, 2.05) is 0 Å². The van der Waals surface area contributed by atoms with Gasteiger partial charge in [-0.2, -0.15) is 0 Å². The van der Waals surface area contributed by atoms with Crippen LogP contribution in [0, 0.1) is 0 Å². The fourth-order valence-corrected chi connectivity index (χ4v) is 3.11. The normalized spacial score (nSPS) is 10.6. The number of aromatic nitrogens is 1. The van der Waals surface area contributed by atoms with Gasteiger partial charge in [0.25, 0.3) is 0 Å². The molecule has 4 N–H and O–H groups in total. The van der Waals surface area contributed by atoms with E-state index in [0.29, 0.717) is 17.7 Å². The summed E-state index contributed by atoms with van der Waals surface area (Å²) >= 11 is 3.31. The number of aromatic carboxylic acids is 2. The standard InChI is InChI=1S/C17H17BrN2O5/c1-2-11-13(16(22)23)14(17(24)25)15(20(11)8-7-12(19)21)9-3-5-10(18)6-4-9/h3-6H,2,7-8H2,1H3,(H2,19,21)(H,22,23)(H,24,25). The van der Waals surface area contributed by atoms with Crippen molar-refractivity contribution in [3.05, 3.63) is 45.6 Å². The molecule has 0 aliphatic carbocycles. The van der Waals surface area contributed by atoms with Crippen molar-refractivity contribution in [1.29, 1.82) is 0 Å². The molecule has 1 aromatic heterocycles. The Bertz CT molecular complexity index is 840. The van der Waals surface area contributed by atoms with Gasteiger partial charge in [-0.25, -0.2) is 9.59 Å². The van der Waals surface area contributed by atoms with Crippen molar-refractivity contribution in [2.75, 3.05) is 0 Å². The number of nitrogens with two attached hydrogens (primary N) is 1. The molecule has 0 bridgehead atoms. The van der Waals surface area contributed by atoms with Crippen LogP contribution in [0.3, 0.4) is 0 Å². The van der Waals surface area contributed by atoms with E-state index < -0.39 is 17.8 Å². The van der Waals surface area contributed by atoms with Gasteiger partial charge in [-0.1, -0.05) is 35.0 Å². The number of carboxylic acid groups (broad SMARTS) is 2. The Hall–Kier alpha value is -2.61. The van der Waals surface area contributed by atoms with Crippen LogP contribution in [0.15, 0.2) is 28.7 Å². The van der Waals surface area contributed by atoms with Gasteiger partial charge >= 0.3 is 11.9 Å². The zero-order valence-electron chi connectivity index (χ0n) is 13.5. The van der Waals surface area contributed by atoms with E-state index in [2.05, 4.69) is 15.9 Å². The van der Waals surface area contributed by atoms with E-state index in [0.717, 1.165) is 4.47 Å². The monoisotopic (exact) mass is 408 g/mol. The summed E-state index contributed by atoms with van der Waals surface area (Å²) in [5, 5.41) is 19.2. The predicted molar refractivity (Wildman–Crippen MR) is 94.7 cm³/mol. The molecule has 1 aromatic carbocycles. The fourth-order valence-electron chi connectivity index (χ4n) is 2.85. The first-order chi connectivity index (χ1) is 11.8. The molecule has 7 nitrogen and oxygen atoms in total. The maximum atomic E-state index is 11.8. The number of halogens is 1. The number of carbonyl (C=O) groups excluding carboxylic acids is 1. The number of primary amides is 1. The minimum atomic E-state index is -1.33. The van der Waals surface area contributed by atoms with Crippen molar-refractivity contribution < 1.29 is 24.6 Å². The Morgan fingerprint density at radius 2 is 1.64 bits per heavy atom. The van der Waals surface area contributed by atoms with Gasteiger partial charge in [-0.05, 0) is 24.1 Å². The molecule has 0 unspecified atom stereocenters. The first-order valence-electron chi connectivity index (χ1n) is 7.54. The predicted octanol–water partition coefficient (Wildman–Crippen LogP) is 2.75. The zero-order valence-corrected chi connectivity index (χ0v) is 15.0. The number of benzene rings is 1. The van der Waals surface area contributed by atoms with E-state index in [1.165, 1.54) is 0 Å². The number of nitrogens with zero attached hydrogens (tertiary/aromatic N) is 1. The summed E-state index contributed by atoms with van der Waals surface area (Å²) in [6, 6.07) is 6.85. The third kappa shape index (κ3) is 3.74. The van der Waals surface area contributed by atoms with Crippen molar-refractivity contribution in [2.24, 2.45) is 5.73 Å². The van der Waals surface area contributed by atoms with Crippen LogP contribution in [-0.4, -0.2) is 32.6 Å². The van der Waals surface area contributed by atoms with Crippen LogP contribution in [-0.2, 0) is 17.8 Å². The Morgan fingerprint density at radius 3 is 2.08 bits per heavy atom. The molecule has 2 aromatic rings. The van der Waals surface area contributed by atoms with Crippen LogP contribution in [0.2, 0.25) is 0 Å². The van der Waals surface area contributed by atoms with E-state index in [1.54, 1.807) is 35.8 Å². The molecule has 0 aliphatic heterocycles. The van der Waals surface area contributed by atoms with Gasteiger partial charge in [0, 0.05) is 23.1 Å². The molecule has 0 saturated carbocycles. The summed E-state index contributed by atoms with van der Waals surface area (Å²) in [5.41, 5.74) is 5.84. The largest absolute Gasteiger partial charge is 0.478 e. The van der Waals surface area contributed by atoms with Gasteiger partial charge in [0.2, 0.25) is 5.91 Å². The molecule has 0 atom stereocenters. The molecule has 25 heavy (non-hydrogen) atoms. The molecule has 132 valence electrons. The molecular weight excluding hydrogens is 392 g/mol. The average Bonchev–Trinajstić information content (AvgIpc) is 2.88. The van der Waals surface area contributed by atoms with Crippen molar-refractivity contribution in [1.82, 2.24) is 4.57 Å². The summed E-state index contributed by atoms with van der Waals surface area (Å²) < 4.78 is 2.37. The summed E-state index contributed by atoms with van der Waals surface area (Å²) in [4.78, 5) is 34.7. The van der Waals surface area contributed by atoms with E-state index in [-0.39, 0.29) is 29.8 Å². The van der Waals surface area contributed by atoms with Crippen LogP contribution in [0.1, 0.15) is 39.8 Å². The Kier molecular flexibility index (Phi) is 5.63. The van der Waals surface area contributed by atoms with E-state index >= 15 is 0 Å².